The first kappa shape index (κ1) is 18.8. The predicted octanol–water partition coefficient (Wildman–Crippen LogP) is 2.62. The molecule has 1 saturated heterocycles. The minimum absolute atomic E-state index is 0.0373. The number of benzene rings is 1. The molecule has 0 saturated carbocycles. The zero-order valence-electron chi connectivity index (χ0n) is 15.2. The van der Waals surface area contributed by atoms with Crippen LogP contribution in [0.5, 0.6) is 0 Å². The molecule has 0 radical (unpaired) electrons. The second kappa shape index (κ2) is 8.16. The number of ether oxygens (including phenoxy) is 1. The summed E-state index contributed by atoms with van der Waals surface area (Å²) in [6.45, 7) is 6.81. The van der Waals surface area contributed by atoms with Gasteiger partial charge in [0, 0.05) is 38.1 Å². The Hall–Kier alpha value is -1.96. The number of carbonyl (C=O) groups is 1. The molecule has 1 aliphatic heterocycles. The molecular formula is C18H23ClN4O3. The fourth-order valence-electron chi connectivity index (χ4n) is 3.30. The number of nitrogens with zero attached hydrogens (tertiary/aromatic N) is 4. The summed E-state index contributed by atoms with van der Waals surface area (Å²) >= 11 is 6.33. The van der Waals surface area contributed by atoms with E-state index in [2.05, 4.69) is 26.9 Å². The molecule has 0 bridgehead atoms. The second-order valence-electron chi connectivity index (χ2n) is 6.35. The molecule has 0 N–H and O–H groups in total. The van der Waals surface area contributed by atoms with Gasteiger partial charge in [-0.1, -0.05) is 29.8 Å². The van der Waals surface area contributed by atoms with Crippen LogP contribution in [-0.2, 0) is 9.53 Å². The van der Waals surface area contributed by atoms with Gasteiger partial charge in [0.05, 0.1) is 13.2 Å². The van der Waals surface area contributed by atoms with E-state index in [-0.39, 0.29) is 12.0 Å². The lowest BCUT2D eigenvalue weighted by molar-refractivity contribution is -0.148. The van der Waals surface area contributed by atoms with Crippen LogP contribution in [0.3, 0.4) is 0 Å². The minimum atomic E-state index is -0.503. The maximum atomic E-state index is 12.4. The molecule has 0 amide bonds. The number of aryl methyl sites for hydroxylation is 1. The van der Waals surface area contributed by atoms with Gasteiger partial charge < -0.3 is 9.15 Å². The summed E-state index contributed by atoms with van der Waals surface area (Å²) in [6.07, 6.45) is 0. The summed E-state index contributed by atoms with van der Waals surface area (Å²) in [5.74, 6) is 0.883. The maximum Gasteiger partial charge on any atom is 0.327 e. The first-order valence-electron chi connectivity index (χ1n) is 8.61. The van der Waals surface area contributed by atoms with Crippen molar-refractivity contribution in [3.05, 3.63) is 46.6 Å². The van der Waals surface area contributed by atoms with Gasteiger partial charge in [-0.15, -0.1) is 10.2 Å². The molecule has 0 spiro atoms. The van der Waals surface area contributed by atoms with Gasteiger partial charge in [-0.25, -0.2) is 4.79 Å². The maximum absolute atomic E-state index is 12.4. The van der Waals surface area contributed by atoms with E-state index >= 15 is 0 Å². The lowest BCUT2D eigenvalue weighted by atomic mass is 10.0. The fourth-order valence-corrected chi connectivity index (χ4v) is 3.54. The lowest BCUT2D eigenvalue weighted by Gasteiger charge is -2.39. The lowest BCUT2D eigenvalue weighted by Crippen LogP contribution is -2.50. The Morgan fingerprint density at radius 2 is 1.85 bits per heavy atom. The van der Waals surface area contributed by atoms with E-state index in [1.807, 2.05) is 18.2 Å². The molecule has 3 rings (SSSR count). The van der Waals surface area contributed by atoms with Crippen molar-refractivity contribution in [1.82, 2.24) is 20.0 Å². The average molecular weight is 379 g/mol. The van der Waals surface area contributed by atoms with Crippen LogP contribution in [0.25, 0.3) is 0 Å². The largest absolute Gasteiger partial charge is 0.468 e. The normalized spacial score (nSPS) is 18.5. The van der Waals surface area contributed by atoms with Crippen LogP contribution in [0.1, 0.15) is 36.4 Å². The smallest absolute Gasteiger partial charge is 0.327 e. The zero-order valence-corrected chi connectivity index (χ0v) is 15.9. The van der Waals surface area contributed by atoms with Crippen LogP contribution in [0.4, 0.5) is 0 Å². The van der Waals surface area contributed by atoms with Crippen molar-refractivity contribution in [2.45, 2.75) is 25.9 Å². The molecule has 2 aromatic rings. The molecule has 8 heteroatoms. The van der Waals surface area contributed by atoms with Gasteiger partial charge in [-0.05, 0) is 18.6 Å². The molecule has 26 heavy (non-hydrogen) atoms. The van der Waals surface area contributed by atoms with Crippen LogP contribution in [0.2, 0.25) is 5.02 Å². The number of halogens is 1. The molecule has 0 aliphatic carbocycles. The van der Waals surface area contributed by atoms with Crippen molar-refractivity contribution >= 4 is 17.6 Å². The van der Waals surface area contributed by atoms with Crippen LogP contribution in [-0.4, -0.2) is 59.3 Å². The Kier molecular flexibility index (Phi) is 5.90. The number of rotatable bonds is 5. The number of carbonyl (C=O) groups excluding carboxylic acids is 1. The molecule has 1 aromatic heterocycles. The Balaban J connectivity index is 1.72. The molecule has 7 nitrogen and oxygen atoms in total. The van der Waals surface area contributed by atoms with Crippen LogP contribution < -0.4 is 0 Å². The van der Waals surface area contributed by atoms with Gasteiger partial charge in [0.1, 0.15) is 6.04 Å². The molecule has 1 aliphatic rings. The Morgan fingerprint density at radius 1 is 1.19 bits per heavy atom. The number of aromatic nitrogens is 2. The number of esters is 1. The average Bonchev–Trinajstić information content (AvgIpc) is 3.09. The second-order valence-corrected chi connectivity index (χ2v) is 6.76. The van der Waals surface area contributed by atoms with Gasteiger partial charge in [0.15, 0.2) is 0 Å². The van der Waals surface area contributed by atoms with Crippen molar-refractivity contribution in [3.8, 4) is 0 Å². The third-order valence-electron chi connectivity index (χ3n) is 4.79. The third kappa shape index (κ3) is 3.90. The topological polar surface area (TPSA) is 71.7 Å². The first-order valence-corrected chi connectivity index (χ1v) is 8.99. The Bertz CT molecular complexity index is 758. The Morgan fingerprint density at radius 3 is 2.42 bits per heavy atom. The molecule has 1 fully saturated rings. The van der Waals surface area contributed by atoms with Crippen molar-refractivity contribution in [2.24, 2.45) is 0 Å². The van der Waals surface area contributed by atoms with Crippen LogP contribution in [0, 0.1) is 6.92 Å². The van der Waals surface area contributed by atoms with Gasteiger partial charge in [-0.3, -0.25) is 9.80 Å². The predicted molar refractivity (Wildman–Crippen MR) is 96.8 cm³/mol. The van der Waals surface area contributed by atoms with Gasteiger partial charge in [0.25, 0.3) is 0 Å². The monoisotopic (exact) mass is 378 g/mol. The van der Waals surface area contributed by atoms with E-state index in [0.717, 1.165) is 18.7 Å². The van der Waals surface area contributed by atoms with Gasteiger partial charge >= 0.3 is 5.97 Å². The summed E-state index contributed by atoms with van der Waals surface area (Å²) in [5.41, 5.74) is 0.773. The van der Waals surface area contributed by atoms with E-state index in [9.17, 15) is 4.79 Å². The highest BCUT2D eigenvalue weighted by Crippen LogP contribution is 2.30. The molecule has 140 valence electrons. The summed E-state index contributed by atoms with van der Waals surface area (Å²) in [7, 11) is 1.41. The molecular weight excluding hydrogens is 356 g/mol. The summed E-state index contributed by atoms with van der Waals surface area (Å²) in [5, 5.41) is 8.58. The summed E-state index contributed by atoms with van der Waals surface area (Å²) in [4.78, 5) is 16.8. The van der Waals surface area contributed by atoms with Crippen molar-refractivity contribution < 1.29 is 13.9 Å². The van der Waals surface area contributed by atoms with E-state index in [4.69, 9.17) is 20.8 Å². The first-order chi connectivity index (χ1) is 12.5. The van der Waals surface area contributed by atoms with E-state index < -0.39 is 6.04 Å². The Labute approximate surface area is 157 Å². The minimum Gasteiger partial charge on any atom is -0.468 e. The highest BCUT2D eigenvalue weighted by molar-refractivity contribution is 6.31. The van der Waals surface area contributed by atoms with Crippen molar-refractivity contribution in [3.63, 3.8) is 0 Å². The molecule has 2 atom stereocenters. The molecule has 2 unspecified atom stereocenters. The molecule has 1 aromatic carbocycles. The quantitative estimate of drug-likeness (QED) is 0.740. The zero-order chi connectivity index (χ0) is 18.7. The highest BCUT2D eigenvalue weighted by atomic mass is 35.5. The van der Waals surface area contributed by atoms with Gasteiger partial charge in [-0.2, -0.15) is 0 Å². The van der Waals surface area contributed by atoms with Crippen molar-refractivity contribution in [1.29, 1.82) is 0 Å². The SMILES string of the molecule is COC(=O)C(c1ccccc1Cl)N1CCN(C(C)c2nnc(C)o2)CC1. The van der Waals surface area contributed by atoms with Crippen molar-refractivity contribution in [2.75, 3.05) is 33.3 Å². The van der Waals surface area contributed by atoms with E-state index in [1.54, 1.807) is 13.0 Å². The number of piperazine rings is 1. The number of methoxy groups -OCH3 is 1. The fraction of sp³-hybridized carbons (Fsp3) is 0.500. The number of hydrogen-bond donors (Lipinski definition) is 0. The van der Waals surface area contributed by atoms with E-state index in [1.165, 1.54) is 7.11 Å². The van der Waals surface area contributed by atoms with Crippen LogP contribution >= 0.6 is 11.6 Å². The van der Waals surface area contributed by atoms with E-state index in [0.29, 0.717) is 29.9 Å². The summed E-state index contributed by atoms with van der Waals surface area (Å²) < 4.78 is 10.6. The molecule has 2 heterocycles. The standard InChI is InChI=1S/C18H23ClN4O3/c1-12(17-21-20-13(2)26-17)22-8-10-23(11-9-22)16(18(24)25-3)14-6-4-5-7-15(14)19/h4-7,12,16H,8-11H2,1-3H3. The number of hydrogen-bond acceptors (Lipinski definition) is 7. The highest BCUT2D eigenvalue weighted by Gasteiger charge is 2.34. The van der Waals surface area contributed by atoms with Gasteiger partial charge in [0.2, 0.25) is 11.8 Å². The summed E-state index contributed by atoms with van der Waals surface area (Å²) in [6, 6.07) is 6.94. The van der Waals surface area contributed by atoms with Crippen LogP contribution in [0.15, 0.2) is 28.7 Å². The third-order valence-corrected chi connectivity index (χ3v) is 5.13.